The summed E-state index contributed by atoms with van der Waals surface area (Å²) in [6, 6.07) is 20.9. The molecule has 0 saturated carbocycles. The van der Waals surface area contributed by atoms with Gasteiger partial charge in [-0.05, 0) is 30.7 Å². The Balaban J connectivity index is 2.05. The number of ether oxygens (including phenoxy) is 1. The molecule has 0 spiro atoms. The summed E-state index contributed by atoms with van der Waals surface area (Å²) in [5.41, 5.74) is 1.47. The van der Waals surface area contributed by atoms with Gasteiger partial charge in [0.25, 0.3) is 0 Å². The number of nitriles is 1. The maximum absolute atomic E-state index is 13.1. The molecule has 0 radical (unpaired) electrons. The minimum Gasteiger partial charge on any atom is -0.405 e. The van der Waals surface area contributed by atoms with Crippen LogP contribution < -0.4 is 9.46 Å². The van der Waals surface area contributed by atoms with Crippen molar-refractivity contribution in [1.82, 2.24) is 4.72 Å². The van der Waals surface area contributed by atoms with Crippen LogP contribution in [0.4, 0.5) is 13.2 Å². The van der Waals surface area contributed by atoms with Crippen LogP contribution in [-0.4, -0.2) is 20.8 Å². The monoisotopic (exact) mass is 486 g/mol. The van der Waals surface area contributed by atoms with E-state index in [0.717, 1.165) is 17.2 Å². The molecular weight excluding hydrogens is 465 g/mol. The largest absolute Gasteiger partial charge is 0.573 e. The molecule has 0 heterocycles. The van der Waals surface area contributed by atoms with Crippen molar-refractivity contribution in [3.05, 3.63) is 102 Å². The van der Waals surface area contributed by atoms with Crippen LogP contribution in [0, 0.1) is 18.3 Å². The Bertz CT molecular complexity index is 1280. The van der Waals surface area contributed by atoms with E-state index in [4.69, 9.17) is 0 Å². The summed E-state index contributed by atoms with van der Waals surface area (Å²) in [5, 5.41) is 9.92. The van der Waals surface area contributed by atoms with Crippen LogP contribution in [0.3, 0.4) is 0 Å². The highest BCUT2D eigenvalue weighted by atomic mass is 32.2. The fourth-order valence-electron chi connectivity index (χ4n) is 3.26. The van der Waals surface area contributed by atoms with Crippen LogP contribution in [-0.2, 0) is 10.0 Å². The SMILES string of the molecule is Cc1ccc(S(=O)(=O)N[C@@H](/C=C/c2ccccc2)[C@H](C#N)c2ccccc2OC(F)(F)F)cc1. The molecule has 3 rings (SSSR count). The number of nitrogens with zero attached hydrogens (tertiary/aromatic N) is 1. The van der Waals surface area contributed by atoms with E-state index in [2.05, 4.69) is 9.46 Å². The fraction of sp³-hybridized carbons (Fsp3) is 0.160. The van der Waals surface area contributed by atoms with Gasteiger partial charge < -0.3 is 4.74 Å². The maximum Gasteiger partial charge on any atom is 0.573 e. The van der Waals surface area contributed by atoms with E-state index in [1.165, 1.54) is 36.4 Å². The van der Waals surface area contributed by atoms with Gasteiger partial charge in [-0.3, -0.25) is 0 Å². The zero-order valence-electron chi connectivity index (χ0n) is 18.0. The summed E-state index contributed by atoms with van der Waals surface area (Å²) >= 11 is 0. The highest BCUT2D eigenvalue weighted by Crippen LogP contribution is 2.33. The third kappa shape index (κ3) is 6.70. The Hall–Kier alpha value is -3.61. The predicted octanol–water partition coefficient (Wildman–Crippen LogP) is 5.56. The van der Waals surface area contributed by atoms with Gasteiger partial charge in [0.15, 0.2) is 0 Å². The van der Waals surface area contributed by atoms with Crippen molar-refractivity contribution in [3.63, 3.8) is 0 Å². The van der Waals surface area contributed by atoms with Gasteiger partial charge in [-0.15, -0.1) is 13.2 Å². The van der Waals surface area contributed by atoms with Gasteiger partial charge in [-0.1, -0.05) is 78.4 Å². The molecule has 0 unspecified atom stereocenters. The fourth-order valence-corrected chi connectivity index (χ4v) is 4.46. The van der Waals surface area contributed by atoms with Gasteiger partial charge >= 0.3 is 6.36 Å². The highest BCUT2D eigenvalue weighted by molar-refractivity contribution is 7.89. The van der Waals surface area contributed by atoms with Crippen molar-refractivity contribution >= 4 is 16.1 Å². The Morgan fingerprint density at radius 1 is 0.971 bits per heavy atom. The van der Waals surface area contributed by atoms with Crippen LogP contribution in [0.15, 0.2) is 89.8 Å². The lowest BCUT2D eigenvalue weighted by Crippen LogP contribution is -2.37. The molecule has 1 N–H and O–H groups in total. The lowest BCUT2D eigenvalue weighted by molar-refractivity contribution is -0.274. The molecule has 5 nitrogen and oxygen atoms in total. The first-order valence-corrected chi connectivity index (χ1v) is 11.6. The van der Waals surface area contributed by atoms with Crippen LogP contribution in [0.25, 0.3) is 6.08 Å². The summed E-state index contributed by atoms with van der Waals surface area (Å²) in [4.78, 5) is -0.0345. The molecule has 0 fully saturated rings. The van der Waals surface area contributed by atoms with Crippen LogP contribution in [0.2, 0.25) is 0 Å². The molecule has 2 atom stereocenters. The third-order valence-electron chi connectivity index (χ3n) is 4.90. The minimum atomic E-state index is -4.98. The van der Waals surface area contributed by atoms with E-state index >= 15 is 0 Å². The molecule has 34 heavy (non-hydrogen) atoms. The standard InChI is InChI=1S/C25H21F3N2O3S/c1-18-11-14-20(15-12-18)34(31,32)30-23(16-13-19-7-3-2-4-8-19)22(17-29)21-9-5-6-10-24(21)33-25(26,27)28/h2-16,22-23,30H,1H3/b16-13+/t22-,23+/m1/s1. The van der Waals surface area contributed by atoms with Crippen molar-refractivity contribution in [2.45, 2.75) is 30.1 Å². The third-order valence-corrected chi connectivity index (χ3v) is 6.37. The smallest absolute Gasteiger partial charge is 0.405 e. The summed E-state index contributed by atoms with van der Waals surface area (Å²) in [7, 11) is -4.11. The van der Waals surface area contributed by atoms with Crippen LogP contribution in [0.5, 0.6) is 5.75 Å². The molecule has 0 aliphatic carbocycles. The number of para-hydroxylation sites is 1. The summed E-state index contributed by atoms with van der Waals surface area (Å²) in [5.74, 6) is -1.90. The summed E-state index contributed by atoms with van der Waals surface area (Å²) in [6.45, 7) is 1.80. The van der Waals surface area contributed by atoms with Crippen molar-refractivity contribution in [3.8, 4) is 11.8 Å². The Morgan fingerprint density at radius 2 is 1.59 bits per heavy atom. The molecule has 3 aromatic rings. The second kappa shape index (κ2) is 10.5. The van der Waals surface area contributed by atoms with Crippen LogP contribution >= 0.6 is 0 Å². The van der Waals surface area contributed by atoms with E-state index in [-0.39, 0.29) is 10.5 Å². The maximum atomic E-state index is 13.1. The molecule has 0 aliphatic rings. The molecule has 9 heteroatoms. The number of hydrogen-bond acceptors (Lipinski definition) is 4. The number of sulfonamides is 1. The van der Waals surface area contributed by atoms with Crippen LogP contribution in [0.1, 0.15) is 22.6 Å². The molecule has 0 bridgehead atoms. The lowest BCUT2D eigenvalue weighted by atomic mass is 9.92. The molecule has 0 aromatic heterocycles. The number of benzene rings is 3. The first-order chi connectivity index (χ1) is 16.1. The van der Waals surface area contributed by atoms with Crippen molar-refractivity contribution in [2.24, 2.45) is 0 Å². The quantitative estimate of drug-likeness (QED) is 0.452. The number of alkyl halides is 3. The first-order valence-electron chi connectivity index (χ1n) is 10.2. The highest BCUT2D eigenvalue weighted by Gasteiger charge is 2.35. The number of aryl methyl sites for hydroxylation is 1. The van der Waals surface area contributed by atoms with Gasteiger partial charge in [-0.25, -0.2) is 13.1 Å². The average Bonchev–Trinajstić information content (AvgIpc) is 2.79. The minimum absolute atomic E-state index is 0.0345. The lowest BCUT2D eigenvalue weighted by Gasteiger charge is -2.23. The van der Waals surface area contributed by atoms with Gasteiger partial charge in [0.2, 0.25) is 10.0 Å². The Kier molecular flexibility index (Phi) is 7.76. The number of halogens is 3. The Labute approximate surface area is 196 Å². The van der Waals surface area contributed by atoms with E-state index in [1.54, 1.807) is 55.5 Å². The van der Waals surface area contributed by atoms with E-state index in [0.29, 0.717) is 0 Å². The average molecular weight is 487 g/mol. The predicted molar refractivity (Wildman–Crippen MR) is 122 cm³/mol. The number of hydrogen-bond donors (Lipinski definition) is 1. The summed E-state index contributed by atoms with van der Waals surface area (Å²) in [6.07, 6.45) is -1.94. The molecule has 0 aliphatic heterocycles. The van der Waals surface area contributed by atoms with E-state index < -0.39 is 34.1 Å². The van der Waals surface area contributed by atoms with Gasteiger partial charge in [-0.2, -0.15) is 5.26 Å². The topological polar surface area (TPSA) is 79.2 Å². The molecule has 0 amide bonds. The molecular formula is C25H21F3N2O3S. The number of rotatable bonds is 8. The van der Waals surface area contributed by atoms with Crippen molar-refractivity contribution < 1.29 is 26.3 Å². The van der Waals surface area contributed by atoms with Gasteiger partial charge in [0.05, 0.1) is 22.9 Å². The van der Waals surface area contributed by atoms with Gasteiger partial charge in [0, 0.05) is 5.56 Å². The summed E-state index contributed by atoms with van der Waals surface area (Å²) < 4.78 is 71.6. The van der Waals surface area contributed by atoms with Crippen molar-refractivity contribution in [1.29, 1.82) is 5.26 Å². The normalized spacial score (nSPS) is 13.9. The number of nitrogens with one attached hydrogen (secondary N) is 1. The van der Waals surface area contributed by atoms with Gasteiger partial charge in [0.1, 0.15) is 5.75 Å². The zero-order chi connectivity index (χ0) is 24.8. The second-order valence-electron chi connectivity index (χ2n) is 7.42. The molecule has 0 saturated heterocycles. The zero-order valence-corrected chi connectivity index (χ0v) is 18.8. The second-order valence-corrected chi connectivity index (χ2v) is 9.14. The van der Waals surface area contributed by atoms with E-state index in [9.17, 15) is 26.9 Å². The Morgan fingerprint density at radius 3 is 2.21 bits per heavy atom. The van der Waals surface area contributed by atoms with Crippen molar-refractivity contribution in [2.75, 3.05) is 0 Å². The molecule has 3 aromatic carbocycles. The first kappa shape index (κ1) is 25.0. The van der Waals surface area contributed by atoms with E-state index in [1.807, 2.05) is 6.07 Å². The molecule has 176 valence electrons.